The maximum Gasteiger partial charge on any atom is 0.191 e. The van der Waals surface area contributed by atoms with Crippen LogP contribution in [0.5, 0.6) is 0 Å². The molecule has 0 aliphatic heterocycles. The van der Waals surface area contributed by atoms with E-state index in [1.165, 1.54) is 6.07 Å². The van der Waals surface area contributed by atoms with Gasteiger partial charge in [-0.2, -0.15) is 0 Å². The highest BCUT2D eigenvalue weighted by Gasteiger charge is 2.04. The molecule has 0 spiro atoms. The minimum atomic E-state index is -0.179. The monoisotopic (exact) mass is 281 g/mol. The van der Waals surface area contributed by atoms with E-state index in [2.05, 4.69) is 15.6 Å². The second kappa shape index (κ2) is 9.31. The third kappa shape index (κ3) is 6.52. The van der Waals surface area contributed by atoms with Gasteiger partial charge in [-0.05, 0) is 37.5 Å². The number of aliphatic imine (C=N–C) groups is 1. The first-order valence-corrected chi connectivity index (χ1v) is 6.86. The van der Waals surface area contributed by atoms with Crippen molar-refractivity contribution in [2.24, 2.45) is 4.99 Å². The number of halogens is 1. The minimum Gasteiger partial charge on any atom is -0.383 e. The summed E-state index contributed by atoms with van der Waals surface area (Å²) in [5.41, 5.74) is 1.02. The molecule has 112 valence electrons. The Morgan fingerprint density at radius 2 is 2.25 bits per heavy atom. The first-order chi connectivity index (χ1) is 9.65. The fourth-order valence-electron chi connectivity index (χ4n) is 1.91. The average Bonchev–Trinajstić information content (AvgIpc) is 2.42. The van der Waals surface area contributed by atoms with Crippen LogP contribution in [0.15, 0.2) is 29.3 Å². The van der Waals surface area contributed by atoms with Crippen molar-refractivity contribution in [1.82, 2.24) is 10.6 Å². The Hall–Kier alpha value is -1.62. The zero-order chi connectivity index (χ0) is 14.8. The number of methoxy groups -OCH3 is 1. The first-order valence-electron chi connectivity index (χ1n) is 6.86. The fourth-order valence-corrected chi connectivity index (χ4v) is 1.91. The smallest absolute Gasteiger partial charge is 0.191 e. The van der Waals surface area contributed by atoms with Gasteiger partial charge in [-0.3, -0.25) is 4.99 Å². The highest BCUT2D eigenvalue weighted by molar-refractivity contribution is 5.79. The molecule has 1 unspecified atom stereocenters. The molecule has 4 nitrogen and oxygen atoms in total. The predicted molar refractivity (Wildman–Crippen MR) is 80.6 cm³/mol. The van der Waals surface area contributed by atoms with Crippen molar-refractivity contribution in [3.63, 3.8) is 0 Å². The Morgan fingerprint density at radius 1 is 1.45 bits per heavy atom. The van der Waals surface area contributed by atoms with E-state index in [-0.39, 0.29) is 11.9 Å². The number of benzene rings is 1. The molecule has 2 N–H and O–H groups in total. The number of guanidine groups is 1. The van der Waals surface area contributed by atoms with Crippen LogP contribution in [-0.4, -0.2) is 39.3 Å². The van der Waals surface area contributed by atoms with Gasteiger partial charge >= 0.3 is 0 Å². The van der Waals surface area contributed by atoms with Gasteiger partial charge in [-0.15, -0.1) is 0 Å². The van der Waals surface area contributed by atoms with Gasteiger partial charge in [-0.1, -0.05) is 12.1 Å². The molecule has 1 aromatic rings. The molecule has 0 aliphatic carbocycles. The second-order valence-electron chi connectivity index (χ2n) is 4.73. The predicted octanol–water partition coefficient (Wildman–Crippen LogP) is 1.96. The lowest BCUT2D eigenvalue weighted by Crippen LogP contribution is -2.44. The van der Waals surface area contributed by atoms with Gasteiger partial charge in [0.05, 0.1) is 6.61 Å². The fraction of sp³-hybridized carbons (Fsp3) is 0.533. The number of nitrogens with one attached hydrogen (secondary N) is 2. The van der Waals surface area contributed by atoms with Gasteiger partial charge in [0, 0.05) is 26.7 Å². The number of rotatable bonds is 7. The van der Waals surface area contributed by atoms with Crippen LogP contribution in [0.1, 0.15) is 18.9 Å². The van der Waals surface area contributed by atoms with Crippen LogP contribution >= 0.6 is 0 Å². The Balaban J connectivity index is 2.25. The van der Waals surface area contributed by atoms with Crippen LogP contribution < -0.4 is 10.6 Å². The molecule has 0 fully saturated rings. The average molecular weight is 281 g/mol. The third-order valence-electron chi connectivity index (χ3n) is 2.85. The third-order valence-corrected chi connectivity index (χ3v) is 2.85. The molecule has 0 saturated carbocycles. The normalized spacial score (nSPS) is 13.1. The summed E-state index contributed by atoms with van der Waals surface area (Å²) < 4.78 is 18.1. The van der Waals surface area contributed by atoms with Crippen LogP contribution in [-0.2, 0) is 11.2 Å². The summed E-state index contributed by atoms with van der Waals surface area (Å²) in [6, 6.07) is 6.93. The Bertz CT molecular complexity index is 423. The molecule has 1 aromatic carbocycles. The van der Waals surface area contributed by atoms with E-state index in [1.807, 2.05) is 13.0 Å². The molecule has 0 amide bonds. The molecular formula is C15H24FN3O. The van der Waals surface area contributed by atoms with E-state index in [0.717, 1.165) is 30.9 Å². The maximum atomic E-state index is 13.0. The van der Waals surface area contributed by atoms with Crippen LogP contribution in [0.2, 0.25) is 0 Å². The zero-order valence-electron chi connectivity index (χ0n) is 12.4. The number of nitrogens with zero attached hydrogens (tertiary/aromatic N) is 1. The Morgan fingerprint density at radius 3 is 2.90 bits per heavy atom. The van der Waals surface area contributed by atoms with Crippen LogP contribution in [0.25, 0.3) is 0 Å². The topological polar surface area (TPSA) is 45.7 Å². The van der Waals surface area contributed by atoms with Gasteiger partial charge < -0.3 is 15.4 Å². The summed E-state index contributed by atoms with van der Waals surface area (Å²) in [6.07, 6.45) is 1.76. The Labute approximate surface area is 120 Å². The standard InChI is InChI=1S/C15H24FN3O/c1-12(11-20-3)19-15(17-2)18-9-5-7-13-6-4-8-14(16)10-13/h4,6,8,10,12H,5,7,9,11H2,1-3H3,(H2,17,18,19). The highest BCUT2D eigenvalue weighted by atomic mass is 19.1. The van der Waals surface area contributed by atoms with Gasteiger partial charge in [0.1, 0.15) is 5.82 Å². The minimum absolute atomic E-state index is 0.179. The van der Waals surface area contributed by atoms with Crippen molar-refractivity contribution in [3.8, 4) is 0 Å². The van der Waals surface area contributed by atoms with Crippen LogP contribution in [0.3, 0.4) is 0 Å². The SMILES string of the molecule is CN=C(NCCCc1cccc(F)c1)NC(C)COC. The number of hydrogen-bond acceptors (Lipinski definition) is 2. The van der Waals surface area contributed by atoms with Crippen molar-refractivity contribution in [2.75, 3.05) is 27.3 Å². The molecule has 0 saturated heterocycles. The summed E-state index contributed by atoms with van der Waals surface area (Å²) in [6.45, 7) is 3.45. The van der Waals surface area contributed by atoms with Crippen molar-refractivity contribution >= 4 is 5.96 Å². The van der Waals surface area contributed by atoms with E-state index >= 15 is 0 Å². The molecule has 1 rings (SSSR count). The molecule has 0 heterocycles. The summed E-state index contributed by atoms with van der Waals surface area (Å²) >= 11 is 0. The molecule has 0 aromatic heterocycles. The summed E-state index contributed by atoms with van der Waals surface area (Å²) in [4.78, 5) is 4.15. The number of ether oxygens (including phenoxy) is 1. The first kappa shape index (κ1) is 16.4. The molecule has 0 aliphatic rings. The van der Waals surface area contributed by atoms with E-state index in [1.54, 1.807) is 26.3 Å². The van der Waals surface area contributed by atoms with E-state index in [4.69, 9.17) is 4.74 Å². The summed E-state index contributed by atoms with van der Waals surface area (Å²) in [7, 11) is 3.41. The maximum absolute atomic E-state index is 13.0. The molecule has 20 heavy (non-hydrogen) atoms. The largest absolute Gasteiger partial charge is 0.383 e. The molecule has 5 heteroatoms. The Kier molecular flexibility index (Phi) is 7.65. The van der Waals surface area contributed by atoms with Crippen molar-refractivity contribution in [3.05, 3.63) is 35.6 Å². The van der Waals surface area contributed by atoms with Crippen molar-refractivity contribution in [1.29, 1.82) is 0 Å². The number of hydrogen-bond donors (Lipinski definition) is 2. The van der Waals surface area contributed by atoms with Crippen molar-refractivity contribution in [2.45, 2.75) is 25.8 Å². The lowest BCUT2D eigenvalue weighted by molar-refractivity contribution is 0.179. The van der Waals surface area contributed by atoms with Gasteiger partial charge in [0.15, 0.2) is 5.96 Å². The summed E-state index contributed by atoms with van der Waals surface area (Å²) in [5.74, 6) is 0.579. The van der Waals surface area contributed by atoms with Crippen LogP contribution in [0, 0.1) is 5.82 Å². The zero-order valence-corrected chi connectivity index (χ0v) is 12.4. The lowest BCUT2D eigenvalue weighted by atomic mass is 10.1. The number of aryl methyl sites for hydroxylation is 1. The van der Waals surface area contributed by atoms with E-state index in [0.29, 0.717) is 6.61 Å². The molecule has 0 radical (unpaired) electrons. The van der Waals surface area contributed by atoms with Gasteiger partial charge in [0.25, 0.3) is 0 Å². The second-order valence-corrected chi connectivity index (χ2v) is 4.73. The van der Waals surface area contributed by atoms with Crippen molar-refractivity contribution < 1.29 is 9.13 Å². The molecule has 1 atom stereocenters. The van der Waals surface area contributed by atoms with E-state index < -0.39 is 0 Å². The van der Waals surface area contributed by atoms with Crippen LogP contribution in [0.4, 0.5) is 4.39 Å². The quantitative estimate of drug-likeness (QED) is 0.456. The molecular weight excluding hydrogens is 257 g/mol. The highest BCUT2D eigenvalue weighted by Crippen LogP contribution is 2.05. The van der Waals surface area contributed by atoms with Gasteiger partial charge in [-0.25, -0.2) is 4.39 Å². The lowest BCUT2D eigenvalue weighted by Gasteiger charge is -2.17. The van der Waals surface area contributed by atoms with Gasteiger partial charge in [0.2, 0.25) is 0 Å². The molecule has 0 bridgehead atoms. The van der Waals surface area contributed by atoms with E-state index in [9.17, 15) is 4.39 Å². The summed E-state index contributed by atoms with van der Waals surface area (Å²) in [5, 5.41) is 6.46.